The van der Waals surface area contributed by atoms with Gasteiger partial charge >= 0.3 is 0 Å². The minimum atomic E-state index is -2.73. The molecular weight excluding hydrogens is 643 g/mol. The fraction of sp³-hybridized carbons (Fsp3) is 0.176. The van der Waals surface area contributed by atoms with Crippen LogP contribution in [0.3, 0.4) is 0 Å². The summed E-state index contributed by atoms with van der Waals surface area (Å²) in [7, 11) is -2.73. The van der Waals surface area contributed by atoms with Crippen LogP contribution in [-0.2, 0) is 6.54 Å². The highest BCUT2D eigenvalue weighted by molar-refractivity contribution is 9.11. The van der Waals surface area contributed by atoms with Crippen molar-refractivity contribution < 1.29 is 4.52 Å². The summed E-state index contributed by atoms with van der Waals surface area (Å²) in [6, 6.07) is 36.4. The molecule has 5 aromatic carbocycles. The third-order valence-corrected chi connectivity index (χ3v) is 12.3. The molecule has 40 heavy (non-hydrogen) atoms. The fourth-order valence-electron chi connectivity index (χ4n) is 5.51. The first-order valence-electron chi connectivity index (χ1n) is 13.5. The lowest BCUT2D eigenvalue weighted by molar-refractivity contribution is 0.568. The SMILES string of the molecule is CCn1c2ccccc2c2cc(P(=Nc3cccc4ccccc34)(Oc3ccc(Br)cc3Br)C(C)(C)C)ccc21. The first kappa shape index (κ1) is 27.3. The van der Waals surface area contributed by atoms with E-state index in [0.29, 0.717) is 0 Å². The van der Waals surface area contributed by atoms with Crippen LogP contribution in [0, 0.1) is 0 Å². The van der Waals surface area contributed by atoms with Crippen molar-refractivity contribution in [2.75, 3.05) is 0 Å². The molecule has 0 saturated carbocycles. The number of fused-ring (bicyclic) bond motifs is 4. The number of hydrogen-bond acceptors (Lipinski definition) is 2. The normalized spacial score (nSPS) is 13.6. The van der Waals surface area contributed by atoms with Gasteiger partial charge in [-0.1, -0.05) is 91.3 Å². The molecule has 6 rings (SSSR count). The van der Waals surface area contributed by atoms with Gasteiger partial charge in [-0.25, -0.2) is 4.74 Å². The Morgan fingerprint density at radius 3 is 2.20 bits per heavy atom. The molecule has 0 aliphatic carbocycles. The third-order valence-electron chi connectivity index (χ3n) is 7.47. The van der Waals surface area contributed by atoms with E-state index in [0.717, 1.165) is 37.6 Å². The maximum atomic E-state index is 7.26. The van der Waals surface area contributed by atoms with Gasteiger partial charge in [-0.3, -0.25) is 0 Å². The van der Waals surface area contributed by atoms with Crippen LogP contribution in [0.2, 0.25) is 0 Å². The largest absolute Gasteiger partial charge is 0.454 e. The topological polar surface area (TPSA) is 26.5 Å². The number of aryl methyl sites for hydroxylation is 1. The quantitative estimate of drug-likeness (QED) is 0.167. The molecule has 0 spiro atoms. The molecule has 1 atom stereocenters. The van der Waals surface area contributed by atoms with Crippen molar-refractivity contribution in [3.05, 3.63) is 112 Å². The Hall–Kier alpha value is -2.85. The molecule has 0 aliphatic rings. The van der Waals surface area contributed by atoms with Gasteiger partial charge in [-0.15, -0.1) is 0 Å². The second-order valence-electron chi connectivity index (χ2n) is 11.0. The maximum absolute atomic E-state index is 7.26. The fourth-order valence-corrected chi connectivity index (χ4v) is 9.88. The number of aromatic nitrogens is 1. The Labute approximate surface area is 252 Å². The van der Waals surface area contributed by atoms with E-state index in [1.54, 1.807) is 0 Å². The van der Waals surface area contributed by atoms with Crippen molar-refractivity contribution in [1.82, 2.24) is 4.57 Å². The zero-order valence-electron chi connectivity index (χ0n) is 23.0. The van der Waals surface area contributed by atoms with E-state index in [9.17, 15) is 0 Å². The van der Waals surface area contributed by atoms with Gasteiger partial charge in [0.25, 0.3) is 0 Å². The summed E-state index contributed by atoms with van der Waals surface area (Å²) in [5.74, 6) is 0.784. The molecule has 0 fully saturated rings. The predicted molar refractivity (Wildman–Crippen MR) is 180 cm³/mol. The van der Waals surface area contributed by atoms with Crippen molar-refractivity contribution in [2.45, 2.75) is 39.4 Å². The molecule has 0 saturated heterocycles. The van der Waals surface area contributed by atoms with Crippen molar-refractivity contribution >= 4 is 82.7 Å². The smallest absolute Gasteiger partial charge is 0.173 e. The van der Waals surface area contributed by atoms with Gasteiger partial charge in [0.1, 0.15) is 5.75 Å². The monoisotopic (exact) mass is 672 g/mol. The summed E-state index contributed by atoms with van der Waals surface area (Å²) in [6.07, 6.45) is 0. The minimum absolute atomic E-state index is 0.312. The molecule has 6 aromatic rings. The summed E-state index contributed by atoms with van der Waals surface area (Å²) in [5.41, 5.74) is 3.43. The van der Waals surface area contributed by atoms with Gasteiger partial charge in [0.2, 0.25) is 0 Å². The summed E-state index contributed by atoms with van der Waals surface area (Å²) in [4.78, 5) is 0. The molecule has 0 amide bonds. The van der Waals surface area contributed by atoms with Crippen LogP contribution in [0.15, 0.2) is 117 Å². The number of halogens is 2. The van der Waals surface area contributed by atoms with Crippen molar-refractivity contribution in [1.29, 1.82) is 0 Å². The molecular formula is C34H31Br2N2OP. The number of rotatable bonds is 5. The number of benzene rings is 5. The van der Waals surface area contributed by atoms with Gasteiger partial charge < -0.3 is 9.09 Å². The van der Waals surface area contributed by atoms with Gasteiger partial charge in [-0.2, -0.15) is 0 Å². The molecule has 1 unspecified atom stereocenters. The highest BCUT2D eigenvalue weighted by Crippen LogP contribution is 2.63. The van der Waals surface area contributed by atoms with E-state index in [1.165, 1.54) is 27.2 Å². The van der Waals surface area contributed by atoms with Crippen molar-refractivity contribution in [3.63, 3.8) is 0 Å². The number of para-hydroxylation sites is 1. The summed E-state index contributed by atoms with van der Waals surface area (Å²) >= 11 is 7.37. The molecule has 0 N–H and O–H groups in total. The minimum Gasteiger partial charge on any atom is -0.454 e. The second kappa shape index (κ2) is 10.5. The summed E-state index contributed by atoms with van der Waals surface area (Å²) < 4.78 is 17.2. The lowest BCUT2D eigenvalue weighted by atomic mass is 10.1. The highest BCUT2D eigenvalue weighted by atomic mass is 79.9. The van der Waals surface area contributed by atoms with Crippen LogP contribution in [0.1, 0.15) is 27.7 Å². The van der Waals surface area contributed by atoms with E-state index < -0.39 is 7.28 Å². The van der Waals surface area contributed by atoms with Crippen LogP contribution in [0.25, 0.3) is 32.6 Å². The first-order chi connectivity index (χ1) is 19.2. The Morgan fingerprint density at radius 1 is 0.750 bits per heavy atom. The van der Waals surface area contributed by atoms with Gasteiger partial charge in [-0.05, 0) is 76.8 Å². The standard InChI is InChI=1S/C34H31Br2N2OP/c1-5-38-31-16-9-8-14-27(31)28-22-25(18-19-32(28)38)40(34(2,3)4,39-33-20-17-24(35)21-29(33)36)37-30-15-10-12-23-11-6-7-13-26(23)30/h6-22H,5H2,1-4H3. The average molecular weight is 674 g/mol. The van der Waals surface area contributed by atoms with Crippen LogP contribution >= 0.6 is 39.1 Å². The van der Waals surface area contributed by atoms with E-state index in [4.69, 9.17) is 9.27 Å². The molecule has 1 aromatic heterocycles. The second-order valence-corrected chi connectivity index (χ2v) is 16.1. The molecule has 1 heterocycles. The summed E-state index contributed by atoms with van der Waals surface area (Å²) in [6.45, 7) is 9.87. The van der Waals surface area contributed by atoms with E-state index >= 15 is 0 Å². The maximum Gasteiger partial charge on any atom is 0.173 e. The average Bonchev–Trinajstić information content (AvgIpc) is 3.26. The number of hydrogen-bond donors (Lipinski definition) is 0. The third kappa shape index (κ3) is 4.62. The zero-order chi connectivity index (χ0) is 28.1. The first-order valence-corrected chi connectivity index (χ1v) is 16.7. The van der Waals surface area contributed by atoms with Gasteiger partial charge in [0.05, 0.1) is 10.2 Å². The molecule has 0 aliphatic heterocycles. The molecule has 0 radical (unpaired) electrons. The van der Waals surface area contributed by atoms with Crippen molar-refractivity contribution in [2.24, 2.45) is 4.74 Å². The van der Waals surface area contributed by atoms with Crippen molar-refractivity contribution in [3.8, 4) is 5.75 Å². The molecule has 6 heteroatoms. The van der Waals surface area contributed by atoms with Crippen LogP contribution in [0.4, 0.5) is 5.69 Å². The molecule has 3 nitrogen and oxygen atoms in total. The Kier molecular flexibility index (Phi) is 7.19. The highest BCUT2D eigenvalue weighted by Gasteiger charge is 2.40. The van der Waals surface area contributed by atoms with Gasteiger partial charge in [0.15, 0.2) is 7.28 Å². The Morgan fingerprint density at radius 2 is 1.45 bits per heavy atom. The van der Waals surface area contributed by atoms with E-state index in [1.807, 2.05) is 18.2 Å². The van der Waals surface area contributed by atoms with Crippen LogP contribution in [-0.4, -0.2) is 9.72 Å². The van der Waals surface area contributed by atoms with Crippen LogP contribution in [0.5, 0.6) is 5.75 Å². The lowest BCUT2D eigenvalue weighted by Crippen LogP contribution is -2.27. The van der Waals surface area contributed by atoms with E-state index in [-0.39, 0.29) is 5.16 Å². The summed E-state index contributed by atoms with van der Waals surface area (Å²) in [5, 5.41) is 5.59. The van der Waals surface area contributed by atoms with E-state index in [2.05, 4.69) is 149 Å². The molecule has 0 bridgehead atoms. The van der Waals surface area contributed by atoms with Crippen LogP contribution < -0.4 is 9.83 Å². The zero-order valence-corrected chi connectivity index (χ0v) is 27.1. The van der Waals surface area contributed by atoms with Gasteiger partial charge in [0, 0.05) is 48.7 Å². The Balaban J connectivity index is 1.72. The number of nitrogens with zero attached hydrogens (tertiary/aromatic N) is 2. The predicted octanol–water partition coefficient (Wildman–Crippen LogP) is 11.4. The molecule has 202 valence electrons. The Bertz CT molecular complexity index is 1950. The lowest BCUT2D eigenvalue weighted by Gasteiger charge is -2.37.